The highest BCUT2D eigenvalue weighted by Crippen LogP contribution is 2.30. The van der Waals surface area contributed by atoms with Crippen molar-refractivity contribution in [2.75, 3.05) is 39.6 Å². The average molecular weight is 333 g/mol. The summed E-state index contributed by atoms with van der Waals surface area (Å²) in [6, 6.07) is 0. The van der Waals surface area contributed by atoms with E-state index in [0.29, 0.717) is 26.4 Å². The van der Waals surface area contributed by atoms with Crippen molar-refractivity contribution in [3.8, 4) is 0 Å². The number of aliphatic hydroxyl groups excluding tert-OH is 2. The van der Waals surface area contributed by atoms with Crippen LogP contribution in [0, 0.1) is 16.2 Å². The third-order valence-corrected chi connectivity index (χ3v) is 4.46. The topological polar surface area (TPSA) is 58.9 Å². The summed E-state index contributed by atoms with van der Waals surface area (Å²) in [6.07, 6.45) is 4.21. The summed E-state index contributed by atoms with van der Waals surface area (Å²) in [7, 11) is 0. The van der Waals surface area contributed by atoms with Crippen molar-refractivity contribution in [3.63, 3.8) is 0 Å². The summed E-state index contributed by atoms with van der Waals surface area (Å²) in [5, 5.41) is 19.0. The minimum atomic E-state index is -0.203. The van der Waals surface area contributed by atoms with E-state index >= 15 is 0 Å². The lowest BCUT2D eigenvalue weighted by molar-refractivity contribution is -0.0619. The Morgan fingerprint density at radius 3 is 1.70 bits per heavy atom. The summed E-state index contributed by atoms with van der Waals surface area (Å²) in [6.45, 7) is 15.2. The van der Waals surface area contributed by atoms with Gasteiger partial charge in [-0.15, -0.1) is 0 Å². The largest absolute Gasteiger partial charge is 0.396 e. The molecule has 0 aliphatic heterocycles. The molecule has 0 fully saturated rings. The van der Waals surface area contributed by atoms with E-state index < -0.39 is 0 Å². The Labute approximate surface area is 143 Å². The number of aliphatic hydroxyl groups is 2. The van der Waals surface area contributed by atoms with Crippen LogP contribution in [0.25, 0.3) is 0 Å². The van der Waals surface area contributed by atoms with Crippen molar-refractivity contribution in [3.05, 3.63) is 0 Å². The maximum Gasteiger partial charge on any atom is 0.0544 e. The van der Waals surface area contributed by atoms with Crippen molar-refractivity contribution in [2.24, 2.45) is 16.2 Å². The van der Waals surface area contributed by atoms with Gasteiger partial charge in [0.05, 0.1) is 39.6 Å². The highest BCUT2D eigenvalue weighted by Gasteiger charge is 2.29. The average Bonchev–Trinajstić information content (AvgIpc) is 2.50. The first-order valence-electron chi connectivity index (χ1n) is 9.03. The third-order valence-electron chi connectivity index (χ3n) is 4.46. The minimum absolute atomic E-state index is 0.0781. The summed E-state index contributed by atoms with van der Waals surface area (Å²) < 4.78 is 11.7. The number of rotatable bonds is 14. The molecule has 0 aromatic heterocycles. The van der Waals surface area contributed by atoms with Crippen LogP contribution in [-0.2, 0) is 9.47 Å². The van der Waals surface area contributed by atoms with Gasteiger partial charge in [0.15, 0.2) is 0 Å². The molecule has 0 rings (SSSR count). The third kappa shape index (κ3) is 9.65. The maximum absolute atomic E-state index is 9.76. The van der Waals surface area contributed by atoms with Gasteiger partial charge in [-0.25, -0.2) is 0 Å². The molecule has 0 amide bonds. The molecule has 0 saturated heterocycles. The second kappa shape index (κ2) is 10.7. The fourth-order valence-corrected chi connectivity index (χ4v) is 2.37. The van der Waals surface area contributed by atoms with Gasteiger partial charge in [0.1, 0.15) is 0 Å². The molecular weight excluding hydrogens is 292 g/mol. The van der Waals surface area contributed by atoms with Gasteiger partial charge < -0.3 is 19.7 Å². The van der Waals surface area contributed by atoms with Crippen LogP contribution in [0.1, 0.15) is 67.2 Å². The van der Waals surface area contributed by atoms with Crippen molar-refractivity contribution in [1.29, 1.82) is 0 Å². The summed E-state index contributed by atoms with van der Waals surface area (Å²) in [4.78, 5) is 0. The second-order valence-electron chi connectivity index (χ2n) is 8.59. The molecule has 140 valence electrons. The Morgan fingerprint density at radius 1 is 0.739 bits per heavy atom. The molecule has 4 nitrogen and oxygen atoms in total. The zero-order valence-corrected chi connectivity index (χ0v) is 16.3. The van der Waals surface area contributed by atoms with E-state index in [2.05, 4.69) is 27.7 Å². The molecule has 0 bridgehead atoms. The van der Waals surface area contributed by atoms with E-state index in [1.807, 2.05) is 13.8 Å². The van der Waals surface area contributed by atoms with E-state index in [1.54, 1.807) is 0 Å². The zero-order chi connectivity index (χ0) is 18.0. The van der Waals surface area contributed by atoms with Crippen LogP contribution in [-0.4, -0.2) is 49.9 Å². The van der Waals surface area contributed by atoms with E-state index in [0.717, 1.165) is 25.7 Å². The smallest absolute Gasteiger partial charge is 0.0544 e. The number of ether oxygens (including phenoxy) is 2. The van der Waals surface area contributed by atoms with Crippen LogP contribution in [0.15, 0.2) is 0 Å². The van der Waals surface area contributed by atoms with Gasteiger partial charge >= 0.3 is 0 Å². The van der Waals surface area contributed by atoms with E-state index in [-0.39, 0.29) is 29.5 Å². The highest BCUT2D eigenvalue weighted by atomic mass is 16.5. The van der Waals surface area contributed by atoms with E-state index in [1.165, 1.54) is 0 Å². The lowest BCUT2D eigenvalue weighted by Crippen LogP contribution is -2.34. The summed E-state index contributed by atoms with van der Waals surface area (Å²) in [5.41, 5.74) is -0.387. The summed E-state index contributed by atoms with van der Waals surface area (Å²) >= 11 is 0. The molecule has 0 heterocycles. The second-order valence-corrected chi connectivity index (χ2v) is 8.59. The number of hydrogen-bond donors (Lipinski definition) is 2. The molecule has 0 aliphatic carbocycles. The quantitative estimate of drug-likeness (QED) is 0.510. The normalized spacial score (nSPS) is 15.7. The van der Waals surface area contributed by atoms with Crippen LogP contribution in [0.2, 0.25) is 0 Å². The monoisotopic (exact) mass is 332 g/mol. The van der Waals surface area contributed by atoms with Crippen molar-refractivity contribution >= 4 is 0 Å². The molecule has 0 aromatic carbocycles. The van der Waals surface area contributed by atoms with Gasteiger partial charge in [-0.3, -0.25) is 0 Å². The molecular formula is C19H40O4. The Kier molecular flexibility index (Phi) is 10.6. The lowest BCUT2D eigenvalue weighted by Gasteiger charge is -2.33. The molecule has 0 radical (unpaired) electrons. The molecule has 0 saturated carbocycles. The molecule has 1 atom stereocenters. The molecule has 0 spiro atoms. The first-order valence-corrected chi connectivity index (χ1v) is 9.03. The molecule has 1 unspecified atom stereocenters. The Hall–Kier alpha value is -0.160. The fourth-order valence-electron chi connectivity index (χ4n) is 2.37. The predicted octanol–water partition coefficient (Wildman–Crippen LogP) is 3.64. The molecule has 2 N–H and O–H groups in total. The lowest BCUT2D eigenvalue weighted by atomic mass is 9.82. The predicted molar refractivity (Wildman–Crippen MR) is 95.6 cm³/mol. The van der Waals surface area contributed by atoms with Crippen LogP contribution in [0.3, 0.4) is 0 Å². The molecule has 0 aliphatic rings. The van der Waals surface area contributed by atoms with Gasteiger partial charge in [-0.05, 0) is 12.8 Å². The number of unbranched alkanes of at least 4 members (excludes halogenated alkanes) is 1. The van der Waals surface area contributed by atoms with Gasteiger partial charge in [-0.1, -0.05) is 54.4 Å². The van der Waals surface area contributed by atoms with Crippen LogP contribution in [0.4, 0.5) is 0 Å². The highest BCUT2D eigenvalue weighted by molar-refractivity contribution is 4.78. The fraction of sp³-hybridized carbons (Fsp3) is 1.00. The van der Waals surface area contributed by atoms with Crippen molar-refractivity contribution in [2.45, 2.75) is 67.2 Å². The Bertz CT molecular complexity index is 296. The van der Waals surface area contributed by atoms with Crippen molar-refractivity contribution in [1.82, 2.24) is 0 Å². The van der Waals surface area contributed by atoms with E-state index in [9.17, 15) is 10.2 Å². The van der Waals surface area contributed by atoms with Crippen LogP contribution < -0.4 is 0 Å². The first kappa shape index (κ1) is 22.8. The van der Waals surface area contributed by atoms with E-state index in [4.69, 9.17) is 9.47 Å². The number of hydrogen-bond acceptors (Lipinski definition) is 4. The van der Waals surface area contributed by atoms with Crippen LogP contribution >= 0.6 is 0 Å². The van der Waals surface area contributed by atoms with Gasteiger partial charge in [0.2, 0.25) is 0 Å². The van der Waals surface area contributed by atoms with Crippen LogP contribution in [0.5, 0.6) is 0 Å². The minimum Gasteiger partial charge on any atom is -0.396 e. The summed E-state index contributed by atoms with van der Waals surface area (Å²) in [5.74, 6) is 0. The van der Waals surface area contributed by atoms with Crippen molar-refractivity contribution < 1.29 is 19.7 Å². The van der Waals surface area contributed by atoms with Gasteiger partial charge in [0, 0.05) is 16.2 Å². The SMILES string of the molecule is CCCCC(CC)(CO)COCC(C)(C)COCC(C)(C)CO. The zero-order valence-electron chi connectivity index (χ0n) is 16.3. The molecule has 4 heteroatoms. The first-order chi connectivity index (χ1) is 10.7. The molecule has 0 aromatic rings. The molecule has 23 heavy (non-hydrogen) atoms. The Morgan fingerprint density at radius 2 is 1.26 bits per heavy atom. The Balaban J connectivity index is 4.25. The van der Waals surface area contributed by atoms with Gasteiger partial charge in [-0.2, -0.15) is 0 Å². The maximum atomic E-state index is 9.76. The standard InChI is InChI=1S/C19H40O4/c1-7-9-10-19(8-2,12-21)16-23-15-18(5,6)14-22-13-17(3,4)11-20/h20-21H,7-16H2,1-6H3. The van der Waals surface area contributed by atoms with Gasteiger partial charge in [0.25, 0.3) is 0 Å².